The molecule has 17 heavy (non-hydrogen) atoms. The van der Waals surface area contributed by atoms with Crippen molar-refractivity contribution in [1.29, 1.82) is 0 Å². The molecular formula is C11H11N3O3. The number of nitrogens with one attached hydrogen (secondary N) is 1. The molecule has 1 aromatic heterocycles. The van der Waals surface area contributed by atoms with Gasteiger partial charge in [0.05, 0.1) is 17.7 Å². The molecule has 0 aliphatic carbocycles. The van der Waals surface area contributed by atoms with E-state index in [0.717, 1.165) is 5.76 Å². The van der Waals surface area contributed by atoms with Crippen molar-refractivity contribution in [2.24, 2.45) is 0 Å². The molecule has 1 heterocycles. The van der Waals surface area contributed by atoms with Gasteiger partial charge >= 0.3 is 0 Å². The zero-order chi connectivity index (χ0) is 12.3. The molecule has 0 saturated heterocycles. The van der Waals surface area contributed by atoms with Crippen LogP contribution in [-0.2, 0) is 6.54 Å². The fourth-order valence-corrected chi connectivity index (χ4v) is 1.43. The highest BCUT2D eigenvalue weighted by Gasteiger charge is 2.10. The van der Waals surface area contributed by atoms with Gasteiger partial charge in [-0.3, -0.25) is 10.1 Å². The van der Waals surface area contributed by atoms with Crippen LogP contribution in [0.25, 0.3) is 0 Å². The van der Waals surface area contributed by atoms with Crippen LogP contribution >= 0.6 is 0 Å². The number of hydrogen-bond donors (Lipinski definition) is 2. The average Bonchev–Trinajstić information content (AvgIpc) is 2.78. The molecular weight excluding hydrogens is 222 g/mol. The third-order valence-corrected chi connectivity index (χ3v) is 2.27. The zero-order valence-corrected chi connectivity index (χ0v) is 8.92. The first-order chi connectivity index (χ1) is 8.16. The highest BCUT2D eigenvalue weighted by atomic mass is 16.6. The number of nitrogens with zero attached hydrogens (tertiary/aromatic N) is 1. The van der Waals surface area contributed by atoms with Crippen LogP contribution in [0.4, 0.5) is 17.1 Å². The first-order valence-corrected chi connectivity index (χ1v) is 4.97. The molecule has 0 saturated carbocycles. The number of nitrogen functional groups attached to an aromatic ring is 1. The number of hydrogen-bond acceptors (Lipinski definition) is 5. The fraction of sp³-hybridized carbons (Fsp3) is 0.0909. The fourth-order valence-electron chi connectivity index (χ4n) is 1.43. The maximum absolute atomic E-state index is 10.6. The van der Waals surface area contributed by atoms with Crippen LogP contribution in [0.5, 0.6) is 0 Å². The summed E-state index contributed by atoms with van der Waals surface area (Å²) in [5.74, 6) is 0.780. The molecule has 3 N–H and O–H groups in total. The minimum absolute atomic E-state index is 0.0893. The van der Waals surface area contributed by atoms with E-state index in [1.807, 2.05) is 6.07 Å². The summed E-state index contributed by atoms with van der Waals surface area (Å²) in [7, 11) is 0. The Morgan fingerprint density at radius 2 is 2.24 bits per heavy atom. The summed E-state index contributed by atoms with van der Waals surface area (Å²) in [5.41, 5.74) is 6.33. The van der Waals surface area contributed by atoms with Gasteiger partial charge in [0, 0.05) is 11.8 Å². The van der Waals surface area contributed by atoms with E-state index < -0.39 is 4.92 Å². The highest BCUT2D eigenvalue weighted by Crippen LogP contribution is 2.24. The Morgan fingerprint density at radius 3 is 2.82 bits per heavy atom. The smallest absolute Gasteiger partial charge is 0.292 e. The van der Waals surface area contributed by atoms with Crippen LogP contribution in [0.3, 0.4) is 0 Å². The van der Waals surface area contributed by atoms with Crippen LogP contribution in [0.1, 0.15) is 5.76 Å². The molecule has 6 nitrogen and oxygen atoms in total. The summed E-state index contributed by atoms with van der Waals surface area (Å²) >= 11 is 0. The second-order valence-corrected chi connectivity index (χ2v) is 3.46. The van der Waals surface area contributed by atoms with Crippen LogP contribution in [0.15, 0.2) is 41.0 Å². The van der Waals surface area contributed by atoms with E-state index in [4.69, 9.17) is 10.2 Å². The van der Waals surface area contributed by atoms with E-state index >= 15 is 0 Å². The average molecular weight is 233 g/mol. The Bertz CT molecular complexity index is 523. The molecule has 0 atom stereocenters. The van der Waals surface area contributed by atoms with Crippen LogP contribution in [-0.4, -0.2) is 4.92 Å². The Kier molecular flexibility index (Phi) is 2.95. The van der Waals surface area contributed by atoms with Gasteiger partial charge in [-0.15, -0.1) is 0 Å². The van der Waals surface area contributed by atoms with Gasteiger partial charge in [0.25, 0.3) is 5.69 Å². The Morgan fingerprint density at radius 1 is 1.41 bits per heavy atom. The van der Waals surface area contributed by atoms with E-state index in [0.29, 0.717) is 12.2 Å². The predicted octanol–water partition coefficient (Wildman–Crippen LogP) is 2.38. The summed E-state index contributed by atoms with van der Waals surface area (Å²) < 4.78 is 5.15. The first kappa shape index (κ1) is 11.0. The van der Waals surface area contributed by atoms with Crippen LogP contribution < -0.4 is 11.1 Å². The molecule has 0 amide bonds. The summed E-state index contributed by atoms with van der Waals surface area (Å²) in [6, 6.07) is 8.14. The third kappa shape index (κ3) is 2.54. The van der Waals surface area contributed by atoms with Crippen molar-refractivity contribution in [3.8, 4) is 0 Å². The number of nitro groups is 1. The van der Waals surface area contributed by atoms with Gasteiger partial charge in [0.1, 0.15) is 11.4 Å². The lowest BCUT2D eigenvalue weighted by Gasteiger charge is -2.05. The van der Waals surface area contributed by atoms with E-state index in [1.165, 1.54) is 12.1 Å². The Labute approximate surface area is 97.2 Å². The van der Waals surface area contributed by atoms with Gasteiger partial charge in [-0.05, 0) is 24.3 Å². The summed E-state index contributed by atoms with van der Waals surface area (Å²) in [4.78, 5) is 10.1. The summed E-state index contributed by atoms with van der Waals surface area (Å²) in [6.07, 6.45) is 1.58. The van der Waals surface area contributed by atoms with Gasteiger partial charge in [0.15, 0.2) is 0 Å². The largest absolute Gasteiger partial charge is 0.467 e. The lowest BCUT2D eigenvalue weighted by molar-refractivity contribution is -0.383. The lowest BCUT2D eigenvalue weighted by atomic mass is 10.2. The second kappa shape index (κ2) is 4.56. The molecule has 0 bridgehead atoms. The van der Waals surface area contributed by atoms with E-state index in [2.05, 4.69) is 5.32 Å². The molecule has 0 spiro atoms. The molecule has 0 radical (unpaired) electrons. The number of nitrogens with two attached hydrogens (primary N) is 1. The molecule has 0 unspecified atom stereocenters. The van der Waals surface area contributed by atoms with Crippen molar-refractivity contribution >= 4 is 17.1 Å². The van der Waals surface area contributed by atoms with Gasteiger partial charge < -0.3 is 15.5 Å². The quantitative estimate of drug-likeness (QED) is 0.480. The monoisotopic (exact) mass is 233 g/mol. The van der Waals surface area contributed by atoms with Crippen molar-refractivity contribution < 1.29 is 9.34 Å². The lowest BCUT2D eigenvalue weighted by Crippen LogP contribution is -2.00. The van der Waals surface area contributed by atoms with E-state index in [9.17, 15) is 10.1 Å². The molecule has 2 rings (SSSR count). The van der Waals surface area contributed by atoms with Crippen molar-refractivity contribution in [2.75, 3.05) is 11.1 Å². The maximum atomic E-state index is 10.6. The SMILES string of the molecule is Nc1cc(NCc2ccco2)ccc1[N+](=O)[O-]. The Balaban J connectivity index is 2.07. The van der Waals surface area contributed by atoms with Gasteiger partial charge in [-0.1, -0.05) is 0 Å². The third-order valence-electron chi connectivity index (χ3n) is 2.27. The van der Waals surface area contributed by atoms with Crippen molar-refractivity contribution in [2.45, 2.75) is 6.54 Å². The topological polar surface area (TPSA) is 94.3 Å². The molecule has 6 heteroatoms. The van der Waals surface area contributed by atoms with Crippen LogP contribution in [0.2, 0.25) is 0 Å². The summed E-state index contributed by atoms with van der Waals surface area (Å²) in [5, 5.41) is 13.6. The number of anilines is 2. The molecule has 0 fully saturated rings. The van der Waals surface area contributed by atoms with Crippen molar-refractivity contribution in [3.63, 3.8) is 0 Å². The number of rotatable bonds is 4. The van der Waals surface area contributed by atoms with Gasteiger partial charge in [0.2, 0.25) is 0 Å². The standard InChI is InChI=1S/C11H11N3O3/c12-10-6-8(3-4-11(10)14(15)16)13-7-9-2-1-5-17-9/h1-6,13H,7,12H2. The second-order valence-electron chi connectivity index (χ2n) is 3.46. The highest BCUT2D eigenvalue weighted by molar-refractivity contribution is 5.65. The molecule has 88 valence electrons. The summed E-state index contributed by atoms with van der Waals surface area (Å²) in [6.45, 7) is 0.504. The van der Waals surface area contributed by atoms with Crippen LogP contribution in [0, 0.1) is 10.1 Å². The number of furan rings is 1. The number of benzene rings is 1. The first-order valence-electron chi connectivity index (χ1n) is 4.97. The molecule has 0 aliphatic heterocycles. The van der Waals surface area contributed by atoms with Gasteiger partial charge in [-0.2, -0.15) is 0 Å². The molecule has 1 aromatic carbocycles. The molecule has 2 aromatic rings. The number of nitro benzene ring substituents is 1. The zero-order valence-electron chi connectivity index (χ0n) is 8.92. The van der Waals surface area contributed by atoms with Crippen molar-refractivity contribution in [1.82, 2.24) is 0 Å². The minimum atomic E-state index is -0.508. The molecule has 0 aliphatic rings. The van der Waals surface area contributed by atoms with Gasteiger partial charge in [-0.25, -0.2) is 0 Å². The normalized spacial score (nSPS) is 10.1. The van der Waals surface area contributed by atoms with E-state index in [-0.39, 0.29) is 11.4 Å². The Hall–Kier alpha value is -2.50. The minimum Gasteiger partial charge on any atom is -0.467 e. The maximum Gasteiger partial charge on any atom is 0.292 e. The van der Waals surface area contributed by atoms with E-state index in [1.54, 1.807) is 18.4 Å². The predicted molar refractivity (Wildman–Crippen MR) is 63.5 cm³/mol. The van der Waals surface area contributed by atoms with Crippen molar-refractivity contribution in [3.05, 3.63) is 52.5 Å².